The molecule has 1 saturated heterocycles. The number of hydrogen-bond donors (Lipinski definition) is 1. The van der Waals surface area contributed by atoms with Crippen LogP contribution in [0.15, 0.2) is 22.8 Å². The lowest BCUT2D eigenvalue weighted by Crippen LogP contribution is -2.36. The fraction of sp³-hybridized carbons (Fsp3) is 0.765. The first-order chi connectivity index (χ1) is 10.2. The van der Waals surface area contributed by atoms with Crippen LogP contribution in [0.25, 0.3) is 0 Å². The Balaban J connectivity index is 1.46. The van der Waals surface area contributed by atoms with E-state index in [0.29, 0.717) is 18.2 Å². The first kappa shape index (κ1) is 15.1. The van der Waals surface area contributed by atoms with Gasteiger partial charge in [0.2, 0.25) is 0 Å². The van der Waals surface area contributed by atoms with Crippen LogP contribution in [0.1, 0.15) is 45.3 Å². The second kappa shape index (κ2) is 6.95. The van der Waals surface area contributed by atoms with Crippen molar-refractivity contribution in [3.05, 3.63) is 24.2 Å². The maximum Gasteiger partial charge on any atom is 0.117 e. The van der Waals surface area contributed by atoms with Crippen LogP contribution in [-0.2, 0) is 11.3 Å². The molecule has 0 radical (unpaired) electrons. The number of nitrogens with one attached hydrogen (secondary N) is 1. The minimum absolute atomic E-state index is 0.388. The van der Waals surface area contributed by atoms with Crippen molar-refractivity contribution in [2.45, 2.75) is 70.4 Å². The van der Waals surface area contributed by atoms with Crippen molar-refractivity contribution in [1.82, 2.24) is 10.2 Å². The number of ether oxygens (including phenoxy) is 1. The van der Waals surface area contributed by atoms with E-state index in [4.69, 9.17) is 9.15 Å². The molecule has 21 heavy (non-hydrogen) atoms. The Labute approximate surface area is 127 Å². The van der Waals surface area contributed by atoms with Crippen LogP contribution < -0.4 is 5.32 Å². The summed E-state index contributed by atoms with van der Waals surface area (Å²) in [6, 6.07) is 5.32. The Morgan fingerprint density at radius 1 is 1.24 bits per heavy atom. The van der Waals surface area contributed by atoms with Gasteiger partial charge in [-0.3, -0.25) is 4.90 Å². The predicted octanol–water partition coefficient (Wildman–Crippen LogP) is 2.79. The van der Waals surface area contributed by atoms with Gasteiger partial charge in [-0.05, 0) is 37.8 Å². The van der Waals surface area contributed by atoms with Gasteiger partial charge in [-0.15, -0.1) is 0 Å². The highest BCUT2D eigenvalue weighted by Gasteiger charge is 2.34. The zero-order chi connectivity index (χ0) is 14.7. The highest BCUT2D eigenvalue weighted by Crippen LogP contribution is 2.30. The molecule has 118 valence electrons. The monoisotopic (exact) mass is 292 g/mol. The van der Waals surface area contributed by atoms with Gasteiger partial charge in [0.15, 0.2) is 0 Å². The van der Waals surface area contributed by atoms with Crippen molar-refractivity contribution in [1.29, 1.82) is 0 Å². The molecule has 1 N–H and O–H groups in total. The Hall–Kier alpha value is -0.840. The summed E-state index contributed by atoms with van der Waals surface area (Å²) in [6.07, 6.45) is 7.56. The van der Waals surface area contributed by atoms with Crippen LogP contribution in [-0.4, -0.2) is 42.3 Å². The van der Waals surface area contributed by atoms with Crippen LogP contribution in [0, 0.1) is 0 Å². The minimum atomic E-state index is 0.388. The van der Waals surface area contributed by atoms with Crippen LogP contribution >= 0.6 is 0 Å². The van der Waals surface area contributed by atoms with Crippen molar-refractivity contribution in [3.63, 3.8) is 0 Å². The second-order valence-corrected chi connectivity index (χ2v) is 6.76. The van der Waals surface area contributed by atoms with Gasteiger partial charge < -0.3 is 14.5 Å². The van der Waals surface area contributed by atoms with Gasteiger partial charge in [-0.2, -0.15) is 0 Å². The standard InChI is InChI=1S/C17H28N2O2/c1-13(2)18-10-15-7-8-17(21-15)12-19(14-5-6-14)11-16-4-3-9-20-16/h3-4,9,13-15,17-18H,5-8,10-12H2,1-2H3. The lowest BCUT2D eigenvalue weighted by molar-refractivity contribution is 0.0181. The van der Waals surface area contributed by atoms with E-state index in [1.165, 1.54) is 25.7 Å². The fourth-order valence-electron chi connectivity index (χ4n) is 3.08. The van der Waals surface area contributed by atoms with Gasteiger partial charge in [0.1, 0.15) is 5.76 Å². The van der Waals surface area contributed by atoms with E-state index in [-0.39, 0.29) is 0 Å². The highest BCUT2D eigenvalue weighted by molar-refractivity contribution is 5.00. The molecular weight excluding hydrogens is 264 g/mol. The molecule has 1 saturated carbocycles. The Kier molecular flexibility index (Phi) is 4.99. The number of nitrogens with zero attached hydrogens (tertiary/aromatic N) is 1. The second-order valence-electron chi connectivity index (χ2n) is 6.76. The topological polar surface area (TPSA) is 37.6 Å². The largest absolute Gasteiger partial charge is 0.468 e. The molecule has 2 heterocycles. The molecule has 4 heteroatoms. The molecule has 1 aromatic heterocycles. The van der Waals surface area contributed by atoms with E-state index < -0.39 is 0 Å². The number of furan rings is 1. The molecular formula is C17H28N2O2. The summed E-state index contributed by atoms with van der Waals surface area (Å²) in [7, 11) is 0. The third kappa shape index (κ3) is 4.56. The third-order valence-electron chi connectivity index (χ3n) is 4.39. The van der Waals surface area contributed by atoms with E-state index in [2.05, 4.69) is 30.1 Å². The van der Waals surface area contributed by atoms with Crippen molar-refractivity contribution in [3.8, 4) is 0 Å². The van der Waals surface area contributed by atoms with Crippen molar-refractivity contribution >= 4 is 0 Å². The SMILES string of the molecule is CC(C)NCC1CCC(CN(Cc2ccco2)C2CC2)O1. The van der Waals surface area contributed by atoms with Crippen LogP contribution in [0.4, 0.5) is 0 Å². The van der Waals surface area contributed by atoms with Gasteiger partial charge >= 0.3 is 0 Å². The predicted molar refractivity (Wildman–Crippen MR) is 83.2 cm³/mol. The van der Waals surface area contributed by atoms with Gasteiger partial charge in [0.25, 0.3) is 0 Å². The normalized spacial score (nSPS) is 26.1. The summed E-state index contributed by atoms with van der Waals surface area (Å²) in [5.41, 5.74) is 0. The molecule has 4 nitrogen and oxygen atoms in total. The summed E-state index contributed by atoms with van der Waals surface area (Å²) < 4.78 is 11.7. The Morgan fingerprint density at radius 2 is 2.05 bits per heavy atom. The van der Waals surface area contributed by atoms with E-state index in [1.807, 2.05) is 6.07 Å². The number of rotatable bonds is 8. The lowest BCUT2D eigenvalue weighted by atomic mass is 10.1. The fourth-order valence-corrected chi connectivity index (χ4v) is 3.08. The maximum atomic E-state index is 6.20. The minimum Gasteiger partial charge on any atom is -0.468 e. The average molecular weight is 292 g/mol. The van der Waals surface area contributed by atoms with Gasteiger partial charge in [0, 0.05) is 25.2 Å². The zero-order valence-electron chi connectivity index (χ0n) is 13.3. The molecule has 0 aromatic carbocycles. The van der Waals surface area contributed by atoms with Gasteiger partial charge in [-0.1, -0.05) is 13.8 Å². The summed E-state index contributed by atoms with van der Waals surface area (Å²) >= 11 is 0. The van der Waals surface area contributed by atoms with Crippen LogP contribution in [0.3, 0.4) is 0 Å². The molecule has 2 atom stereocenters. The quantitative estimate of drug-likeness (QED) is 0.799. The van der Waals surface area contributed by atoms with E-state index >= 15 is 0 Å². The van der Waals surface area contributed by atoms with Crippen molar-refractivity contribution in [2.24, 2.45) is 0 Å². The van der Waals surface area contributed by atoms with Gasteiger partial charge in [-0.25, -0.2) is 0 Å². The molecule has 2 aliphatic rings. The Bertz CT molecular complexity index is 414. The molecule has 1 aromatic rings. The first-order valence-corrected chi connectivity index (χ1v) is 8.36. The van der Waals surface area contributed by atoms with E-state index in [9.17, 15) is 0 Å². The molecule has 0 spiro atoms. The summed E-state index contributed by atoms with van der Waals surface area (Å²) in [5, 5.41) is 3.48. The van der Waals surface area contributed by atoms with Crippen LogP contribution in [0.5, 0.6) is 0 Å². The highest BCUT2D eigenvalue weighted by atomic mass is 16.5. The van der Waals surface area contributed by atoms with Crippen molar-refractivity contribution < 1.29 is 9.15 Å². The molecule has 1 aliphatic heterocycles. The summed E-state index contributed by atoms with van der Waals surface area (Å²) in [5.74, 6) is 1.07. The summed E-state index contributed by atoms with van der Waals surface area (Å²) in [6.45, 7) is 7.32. The third-order valence-corrected chi connectivity index (χ3v) is 4.39. The van der Waals surface area contributed by atoms with Gasteiger partial charge in [0.05, 0.1) is 25.0 Å². The van der Waals surface area contributed by atoms with E-state index in [0.717, 1.165) is 31.4 Å². The molecule has 0 amide bonds. The lowest BCUT2D eigenvalue weighted by Gasteiger charge is -2.25. The number of hydrogen-bond acceptors (Lipinski definition) is 4. The summed E-state index contributed by atoms with van der Waals surface area (Å²) in [4.78, 5) is 2.54. The zero-order valence-corrected chi connectivity index (χ0v) is 13.3. The molecule has 2 unspecified atom stereocenters. The van der Waals surface area contributed by atoms with Crippen LogP contribution in [0.2, 0.25) is 0 Å². The maximum absolute atomic E-state index is 6.20. The molecule has 2 fully saturated rings. The average Bonchev–Trinajstić information content (AvgIpc) is 2.99. The Morgan fingerprint density at radius 3 is 2.71 bits per heavy atom. The first-order valence-electron chi connectivity index (χ1n) is 8.36. The molecule has 3 rings (SSSR count). The van der Waals surface area contributed by atoms with E-state index in [1.54, 1.807) is 6.26 Å². The molecule has 0 bridgehead atoms. The smallest absolute Gasteiger partial charge is 0.117 e. The molecule has 1 aliphatic carbocycles. The van der Waals surface area contributed by atoms with Crippen molar-refractivity contribution in [2.75, 3.05) is 13.1 Å².